The lowest BCUT2D eigenvalue weighted by atomic mass is 10.1. The van der Waals surface area contributed by atoms with Crippen molar-refractivity contribution in [1.29, 1.82) is 0 Å². The van der Waals surface area contributed by atoms with Crippen molar-refractivity contribution in [2.75, 3.05) is 6.61 Å². The fraction of sp³-hybridized carbons (Fsp3) is 0.438. The molecule has 108 valence electrons. The SMILES string of the molecule is C=CCCOC(C)C(=O)N[C@H]1c2ccccc2C[C@H]1O. The lowest BCUT2D eigenvalue weighted by Crippen LogP contribution is -2.40. The summed E-state index contributed by atoms with van der Waals surface area (Å²) in [7, 11) is 0. The van der Waals surface area contributed by atoms with E-state index in [1.54, 1.807) is 13.0 Å². The van der Waals surface area contributed by atoms with Gasteiger partial charge in [-0.15, -0.1) is 6.58 Å². The molecule has 0 fully saturated rings. The summed E-state index contributed by atoms with van der Waals surface area (Å²) in [5.74, 6) is -0.199. The third kappa shape index (κ3) is 3.26. The van der Waals surface area contributed by atoms with Crippen LogP contribution in [0.1, 0.15) is 30.5 Å². The number of ether oxygens (including phenoxy) is 1. The number of benzene rings is 1. The summed E-state index contributed by atoms with van der Waals surface area (Å²) in [5, 5.41) is 13.0. The van der Waals surface area contributed by atoms with E-state index in [2.05, 4.69) is 11.9 Å². The van der Waals surface area contributed by atoms with Crippen molar-refractivity contribution in [3.8, 4) is 0 Å². The molecule has 0 radical (unpaired) electrons. The van der Waals surface area contributed by atoms with Crippen LogP contribution in [0.4, 0.5) is 0 Å². The van der Waals surface area contributed by atoms with Crippen molar-refractivity contribution in [3.05, 3.63) is 48.0 Å². The summed E-state index contributed by atoms with van der Waals surface area (Å²) >= 11 is 0. The van der Waals surface area contributed by atoms with Crippen LogP contribution in [0.15, 0.2) is 36.9 Å². The average Bonchev–Trinajstić information content (AvgIpc) is 2.75. The minimum Gasteiger partial charge on any atom is -0.390 e. The number of hydrogen-bond donors (Lipinski definition) is 2. The zero-order chi connectivity index (χ0) is 14.5. The molecule has 3 atom stereocenters. The maximum absolute atomic E-state index is 12.1. The maximum atomic E-state index is 12.1. The smallest absolute Gasteiger partial charge is 0.249 e. The van der Waals surface area contributed by atoms with Gasteiger partial charge in [-0.05, 0) is 24.5 Å². The van der Waals surface area contributed by atoms with Gasteiger partial charge in [0.25, 0.3) is 0 Å². The minimum atomic E-state index is -0.572. The first-order chi connectivity index (χ1) is 9.63. The van der Waals surface area contributed by atoms with Crippen LogP contribution in [0.3, 0.4) is 0 Å². The van der Waals surface area contributed by atoms with E-state index in [0.717, 1.165) is 11.1 Å². The quantitative estimate of drug-likeness (QED) is 0.614. The van der Waals surface area contributed by atoms with E-state index in [0.29, 0.717) is 19.4 Å². The van der Waals surface area contributed by atoms with E-state index >= 15 is 0 Å². The highest BCUT2D eigenvalue weighted by atomic mass is 16.5. The molecule has 1 unspecified atom stereocenters. The Morgan fingerprint density at radius 3 is 3.10 bits per heavy atom. The summed E-state index contributed by atoms with van der Waals surface area (Å²) in [6.07, 6.45) is 1.94. The van der Waals surface area contributed by atoms with Crippen molar-refractivity contribution in [2.45, 2.75) is 38.0 Å². The van der Waals surface area contributed by atoms with Gasteiger partial charge in [-0.25, -0.2) is 0 Å². The second-order valence-electron chi connectivity index (χ2n) is 5.05. The highest BCUT2D eigenvalue weighted by Crippen LogP contribution is 2.31. The third-order valence-corrected chi connectivity index (χ3v) is 3.56. The summed E-state index contributed by atoms with van der Waals surface area (Å²) in [6, 6.07) is 7.44. The predicted molar refractivity (Wildman–Crippen MR) is 77.3 cm³/mol. The standard InChI is InChI=1S/C16H21NO3/c1-3-4-9-20-11(2)16(19)17-15-13-8-6-5-7-12(13)10-14(15)18/h3,5-8,11,14-15,18H,1,4,9-10H2,2H3,(H,17,19)/t11?,14-,15+/m1/s1. The van der Waals surface area contributed by atoms with Crippen LogP contribution in [-0.4, -0.2) is 29.8 Å². The molecule has 0 bridgehead atoms. The molecule has 0 saturated heterocycles. The Labute approximate surface area is 119 Å². The van der Waals surface area contributed by atoms with Crippen molar-refractivity contribution >= 4 is 5.91 Å². The maximum Gasteiger partial charge on any atom is 0.249 e. The molecule has 1 aliphatic rings. The Balaban J connectivity index is 1.96. The Morgan fingerprint density at radius 2 is 2.35 bits per heavy atom. The lowest BCUT2D eigenvalue weighted by molar-refractivity contribution is -0.133. The summed E-state index contributed by atoms with van der Waals surface area (Å²) < 4.78 is 5.41. The molecule has 0 spiro atoms. The molecule has 2 N–H and O–H groups in total. The number of carbonyl (C=O) groups excluding carboxylic acids is 1. The van der Waals surface area contributed by atoms with Gasteiger partial charge in [0, 0.05) is 6.42 Å². The predicted octanol–water partition coefficient (Wildman–Crippen LogP) is 1.74. The molecule has 4 nitrogen and oxygen atoms in total. The topological polar surface area (TPSA) is 58.6 Å². The Hall–Kier alpha value is -1.65. The molecule has 1 aromatic carbocycles. The number of nitrogens with one attached hydrogen (secondary N) is 1. The van der Waals surface area contributed by atoms with Gasteiger partial charge in [0.1, 0.15) is 6.10 Å². The molecule has 1 amide bonds. The number of aliphatic hydroxyl groups excluding tert-OH is 1. The molecule has 0 heterocycles. The van der Waals surface area contributed by atoms with Crippen LogP contribution in [-0.2, 0) is 16.0 Å². The first kappa shape index (κ1) is 14.8. The van der Waals surface area contributed by atoms with Gasteiger partial charge in [-0.1, -0.05) is 30.3 Å². The number of aliphatic hydroxyl groups is 1. The number of carbonyl (C=O) groups is 1. The Morgan fingerprint density at radius 1 is 1.60 bits per heavy atom. The first-order valence-corrected chi connectivity index (χ1v) is 6.92. The third-order valence-electron chi connectivity index (χ3n) is 3.56. The molecule has 4 heteroatoms. The second kappa shape index (κ2) is 6.68. The monoisotopic (exact) mass is 275 g/mol. The highest BCUT2D eigenvalue weighted by molar-refractivity contribution is 5.81. The van der Waals surface area contributed by atoms with Crippen LogP contribution in [0.2, 0.25) is 0 Å². The largest absolute Gasteiger partial charge is 0.390 e. The van der Waals surface area contributed by atoms with Gasteiger partial charge in [0.2, 0.25) is 5.91 Å². The number of hydrogen-bond acceptors (Lipinski definition) is 3. The van der Waals surface area contributed by atoms with Gasteiger partial charge < -0.3 is 15.2 Å². The number of rotatable bonds is 6. The van der Waals surface area contributed by atoms with Crippen LogP contribution >= 0.6 is 0 Å². The lowest BCUT2D eigenvalue weighted by Gasteiger charge is -2.20. The fourth-order valence-corrected chi connectivity index (χ4v) is 2.42. The van der Waals surface area contributed by atoms with E-state index in [4.69, 9.17) is 4.74 Å². The van der Waals surface area contributed by atoms with Crippen molar-refractivity contribution in [1.82, 2.24) is 5.32 Å². The number of amides is 1. The van der Waals surface area contributed by atoms with Crippen molar-refractivity contribution in [2.24, 2.45) is 0 Å². The molecular weight excluding hydrogens is 254 g/mol. The zero-order valence-corrected chi connectivity index (χ0v) is 11.7. The van der Waals surface area contributed by atoms with Crippen molar-refractivity contribution in [3.63, 3.8) is 0 Å². The van der Waals surface area contributed by atoms with Crippen LogP contribution in [0, 0.1) is 0 Å². The van der Waals surface area contributed by atoms with Gasteiger partial charge in [0.05, 0.1) is 18.8 Å². The normalized spacial score (nSPS) is 22.1. The van der Waals surface area contributed by atoms with Crippen molar-refractivity contribution < 1.29 is 14.6 Å². The molecular formula is C16H21NO3. The molecule has 20 heavy (non-hydrogen) atoms. The number of fused-ring (bicyclic) bond motifs is 1. The fourth-order valence-electron chi connectivity index (χ4n) is 2.42. The van der Waals surface area contributed by atoms with Gasteiger partial charge in [0.15, 0.2) is 0 Å². The van der Waals surface area contributed by atoms with E-state index in [1.165, 1.54) is 0 Å². The molecule has 2 rings (SSSR count). The molecule has 0 saturated carbocycles. The zero-order valence-electron chi connectivity index (χ0n) is 11.7. The van der Waals surface area contributed by atoms with Crippen LogP contribution in [0.5, 0.6) is 0 Å². The van der Waals surface area contributed by atoms with E-state index < -0.39 is 12.2 Å². The van der Waals surface area contributed by atoms with E-state index in [-0.39, 0.29) is 11.9 Å². The van der Waals surface area contributed by atoms with Gasteiger partial charge >= 0.3 is 0 Å². The van der Waals surface area contributed by atoms with E-state index in [9.17, 15) is 9.90 Å². The van der Waals surface area contributed by atoms with Gasteiger partial charge in [-0.2, -0.15) is 0 Å². The Bertz CT molecular complexity index is 486. The van der Waals surface area contributed by atoms with Gasteiger partial charge in [-0.3, -0.25) is 4.79 Å². The summed E-state index contributed by atoms with van der Waals surface area (Å²) in [5.41, 5.74) is 2.08. The van der Waals surface area contributed by atoms with Crippen LogP contribution < -0.4 is 5.32 Å². The molecule has 0 aromatic heterocycles. The average molecular weight is 275 g/mol. The highest BCUT2D eigenvalue weighted by Gasteiger charge is 2.32. The second-order valence-corrected chi connectivity index (χ2v) is 5.05. The Kier molecular flexibility index (Phi) is 4.93. The molecule has 1 aliphatic carbocycles. The molecule has 1 aromatic rings. The molecule has 0 aliphatic heterocycles. The summed E-state index contributed by atoms with van der Waals surface area (Å²) in [4.78, 5) is 12.1. The van der Waals surface area contributed by atoms with E-state index in [1.807, 2.05) is 24.3 Å². The summed E-state index contributed by atoms with van der Waals surface area (Å²) in [6.45, 7) is 5.79. The minimum absolute atomic E-state index is 0.199. The first-order valence-electron chi connectivity index (χ1n) is 6.92. The van der Waals surface area contributed by atoms with Crippen LogP contribution in [0.25, 0.3) is 0 Å².